The topological polar surface area (TPSA) is 64.9 Å². The van der Waals surface area contributed by atoms with Gasteiger partial charge in [-0.2, -0.15) is 4.98 Å². The van der Waals surface area contributed by atoms with E-state index in [-0.39, 0.29) is 11.9 Å². The lowest BCUT2D eigenvalue weighted by atomic mass is 10.0. The van der Waals surface area contributed by atoms with Gasteiger partial charge in [0.25, 0.3) is 0 Å². The molecule has 0 spiro atoms. The van der Waals surface area contributed by atoms with Crippen LogP contribution in [0.3, 0.4) is 0 Å². The van der Waals surface area contributed by atoms with Crippen molar-refractivity contribution < 1.29 is 8.91 Å². The first-order valence-corrected chi connectivity index (χ1v) is 6.37. The van der Waals surface area contributed by atoms with Crippen molar-refractivity contribution in [1.82, 2.24) is 10.1 Å². The fourth-order valence-corrected chi connectivity index (χ4v) is 1.88. The standard InChI is InChI=1S/C14H18FN3O/c1-9(2)7-12(16)14-17-13(18-19-14)8-10-3-5-11(15)6-4-10/h3-6,9,12H,7-8,16H2,1-2H3/t12-/m1/s1. The maximum Gasteiger partial charge on any atom is 0.243 e. The van der Waals surface area contributed by atoms with Crippen molar-refractivity contribution in [2.45, 2.75) is 32.7 Å². The van der Waals surface area contributed by atoms with Gasteiger partial charge in [0.05, 0.1) is 6.04 Å². The lowest BCUT2D eigenvalue weighted by molar-refractivity contribution is 0.333. The molecule has 0 saturated carbocycles. The summed E-state index contributed by atoms with van der Waals surface area (Å²) in [6, 6.07) is 6.02. The molecule has 1 aromatic carbocycles. The van der Waals surface area contributed by atoms with Crippen molar-refractivity contribution in [2.24, 2.45) is 11.7 Å². The number of rotatable bonds is 5. The maximum absolute atomic E-state index is 12.8. The zero-order valence-electron chi connectivity index (χ0n) is 11.1. The summed E-state index contributed by atoms with van der Waals surface area (Å²) in [5.41, 5.74) is 6.91. The number of nitrogens with two attached hydrogens (primary N) is 1. The minimum absolute atomic E-state index is 0.227. The molecule has 4 nitrogen and oxygen atoms in total. The molecule has 102 valence electrons. The maximum atomic E-state index is 12.8. The van der Waals surface area contributed by atoms with Crippen molar-refractivity contribution in [3.8, 4) is 0 Å². The summed E-state index contributed by atoms with van der Waals surface area (Å²) in [7, 11) is 0. The fourth-order valence-electron chi connectivity index (χ4n) is 1.88. The first-order chi connectivity index (χ1) is 9.04. The van der Waals surface area contributed by atoms with Crippen LogP contribution in [0.5, 0.6) is 0 Å². The second kappa shape index (κ2) is 5.93. The molecule has 1 aromatic heterocycles. The van der Waals surface area contributed by atoms with Crippen LogP contribution in [0.25, 0.3) is 0 Å². The van der Waals surface area contributed by atoms with E-state index in [1.54, 1.807) is 12.1 Å². The molecule has 0 saturated heterocycles. The normalized spacial score (nSPS) is 12.9. The SMILES string of the molecule is CC(C)C[C@@H](N)c1nc(Cc2ccc(F)cc2)no1. The summed E-state index contributed by atoms with van der Waals surface area (Å²) in [5, 5.41) is 3.90. The highest BCUT2D eigenvalue weighted by molar-refractivity contribution is 5.19. The van der Waals surface area contributed by atoms with Gasteiger partial charge in [-0.3, -0.25) is 0 Å². The predicted molar refractivity (Wildman–Crippen MR) is 69.9 cm³/mol. The summed E-state index contributed by atoms with van der Waals surface area (Å²) in [4.78, 5) is 4.28. The first kappa shape index (κ1) is 13.7. The van der Waals surface area contributed by atoms with E-state index in [2.05, 4.69) is 24.0 Å². The van der Waals surface area contributed by atoms with E-state index in [0.717, 1.165) is 12.0 Å². The van der Waals surface area contributed by atoms with E-state index in [0.29, 0.717) is 24.1 Å². The number of aromatic nitrogens is 2. The zero-order chi connectivity index (χ0) is 13.8. The van der Waals surface area contributed by atoms with Crippen molar-refractivity contribution in [3.05, 3.63) is 47.4 Å². The van der Waals surface area contributed by atoms with Crippen LogP contribution in [0, 0.1) is 11.7 Å². The molecule has 5 heteroatoms. The Hall–Kier alpha value is -1.75. The second-order valence-electron chi connectivity index (χ2n) is 5.09. The number of hydrogen-bond donors (Lipinski definition) is 1. The Kier molecular flexibility index (Phi) is 4.27. The number of nitrogens with zero attached hydrogens (tertiary/aromatic N) is 2. The van der Waals surface area contributed by atoms with E-state index in [1.807, 2.05) is 0 Å². The van der Waals surface area contributed by atoms with Crippen molar-refractivity contribution >= 4 is 0 Å². The van der Waals surface area contributed by atoms with Crippen LogP contribution in [-0.2, 0) is 6.42 Å². The Morgan fingerprint density at radius 3 is 2.58 bits per heavy atom. The number of hydrogen-bond acceptors (Lipinski definition) is 4. The Morgan fingerprint density at radius 1 is 1.26 bits per heavy atom. The molecule has 1 atom stereocenters. The fraction of sp³-hybridized carbons (Fsp3) is 0.429. The zero-order valence-corrected chi connectivity index (χ0v) is 11.1. The largest absolute Gasteiger partial charge is 0.338 e. The van der Waals surface area contributed by atoms with Crippen LogP contribution >= 0.6 is 0 Å². The van der Waals surface area contributed by atoms with Gasteiger partial charge in [0.1, 0.15) is 5.82 Å². The Balaban J connectivity index is 2.02. The molecule has 19 heavy (non-hydrogen) atoms. The van der Waals surface area contributed by atoms with Gasteiger partial charge >= 0.3 is 0 Å². The molecule has 2 N–H and O–H groups in total. The van der Waals surface area contributed by atoms with E-state index < -0.39 is 0 Å². The van der Waals surface area contributed by atoms with Gasteiger partial charge in [0.2, 0.25) is 5.89 Å². The number of benzene rings is 1. The molecular weight excluding hydrogens is 245 g/mol. The van der Waals surface area contributed by atoms with E-state index in [9.17, 15) is 4.39 Å². The third kappa shape index (κ3) is 3.86. The molecule has 0 amide bonds. The van der Waals surface area contributed by atoms with Gasteiger partial charge in [-0.1, -0.05) is 31.1 Å². The van der Waals surface area contributed by atoms with Crippen LogP contribution in [0.15, 0.2) is 28.8 Å². The Bertz CT molecular complexity index is 522. The van der Waals surface area contributed by atoms with Gasteiger partial charge in [0, 0.05) is 6.42 Å². The minimum Gasteiger partial charge on any atom is -0.338 e. The quantitative estimate of drug-likeness (QED) is 0.900. The van der Waals surface area contributed by atoms with Gasteiger partial charge < -0.3 is 10.3 Å². The van der Waals surface area contributed by atoms with Crippen LogP contribution < -0.4 is 5.73 Å². The molecule has 0 unspecified atom stereocenters. The Labute approximate surface area is 111 Å². The van der Waals surface area contributed by atoms with Crippen molar-refractivity contribution in [2.75, 3.05) is 0 Å². The van der Waals surface area contributed by atoms with Crippen LogP contribution in [0.4, 0.5) is 4.39 Å². The van der Waals surface area contributed by atoms with Crippen LogP contribution in [-0.4, -0.2) is 10.1 Å². The highest BCUT2D eigenvalue weighted by Crippen LogP contribution is 2.17. The summed E-state index contributed by atoms with van der Waals surface area (Å²) in [6.07, 6.45) is 1.32. The first-order valence-electron chi connectivity index (χ1n) is 6.37. The molecule has 0 aliphatic heterocycles. The summed E-state index contributed by atoms with van der Waals surface area (Å²) in [6.45, 7) is 4.19. The highest BCUT2D eigenvalue weighted by atomic mass is 19.1. The Morgan fingerprint density at radius 2 is 1.95 bits per heavy atom. The minimum atomic E-state index is -0.253. The molecule has 1 heterocycles. The van der Waals surface area contributed by atoms with Gasteiger partial charge in [-0.25, -0.2) is 4.39 Å². The van der Waals surface area contributed by atoms with E-state index in [1.165, 1.54) is 12.1 Å². The molecule has 0 radical (unpaired) electrons. The van der Waals surface area contributed by atoms with E-state index >= 15 is 0 Å². The van der Waals surface area contributed by atoms with Crippen LogP contribution in [0.1, 0.15) is 43.6 Å². The molecular formula is C14H18FN3O. The molecule has 2 rings (SSSR count). The molecule has 0 bridgehead atoms. The third-order valence-corrected chi connectivity index (χ3v) is 2.80. The van der Waals surface area contributed by atoms with Crippen molar-refractivity contribution in [3.63, 3.8) is 0 Å². The smallest absolute Gasteiger partial charge is 0.243 e. The monoisotopic (exact) mass is 263 g/mol. The number of halogens is 1. The van der Waals surface area contributed by atoms with Crippen LogP contribution in [0.2, 0.25) is 0 Å². The molecule has 2 aromatic rings. The van der Waals surface area contributed by atoms with Gasteiger partial charge in [-0.15, -0.1) is 0 Å². The molecule has 0 aliphatic carbocycles. The summed E-state index contributed by atoms with van der Waals surface area (Å²) >= 11 is 0. The second-order valence-corrected chi connectivity index (χ2v) is 5.09. The highest BCUT2D eigenvalue weighted by Gasteiger charge is 2.16. The lowest BCUT2D eigenvalue weighted by Crippen LogP contribution is -2.13. The van der Waals surface area contributed by atoms with Gasteiger partial charge in [0.15, 0.2) is 5.82 Å². The molecule has 0 aliphatic rings. The lowest BCUT2D eigenvalue weighted by Gasteiger charge is -2.08. The average Bonchev–Trinajstić information content (AvgIpc) is 2.80. The average molecular weight is 263 g/mol. The third-order valence-electron chi connectivity index (χ3n) is 2.80. The van der Waals surface area contributed by atoms with Gasteiger partial charge in [-0.05, 0) is 30.0 Å². The summed E-state index contributed by atoms with van der Waals surface area (Å²) < 4.78 is 18.0. The van der Waals surface area contributed by atoms with E-state index in [4.69, 9.17) is 10.3 Å². The summed E-state index contributed by atoms with van der Waals surface area (Å²) in [5.74, 6) is 1.26. The predicted octanol–water partition coefficient (Wildman–Crippen LogP) is 2.85. The molecule has 0 fully saturated rings. The van der Waals surface area contributed by atoms with Crippen molar-refractivity contribution in [1.29, 1.82) is 0 Å².